The topological polar surface area (TPSA) is 81.6 Å². The average molecular weight is 319 g/mol. The van der Waals surface area contributed by atoms with Crippen molar-refractivity contribution in [3.05, 3.63) is 52.4 Å². The van der Waals surface area contributed by atoms with Crippen LogP contribution in [0.5, 0.6) is 0 Å². The van der Waals surface area contributed by atoms with Gasteiger partial charge in [0, 0.05) is 25.2 Å². The molecule has 1 aliphatic rings. The molecule has 0 bridgehead atoms. The summed E-state index contributed by atoms with van der Waals surface area (Å²) in [5.74, 6) is 0.450. The molecular weight excluding hydrogens is 304 g/mol. The number of nitrogens with zero attached hydrogens (tertiary/aromatic N) is 1. The largest absolute Gasteiger partial charge is 0.469 e. The Morgan fingerprint density at radius 3 is 2.73 bits per heavy atom. The molecule has 2 heterocycles. The van der Waals surface area contributed by atoms with Crippen LogP contribution in [0.1, 0.15) is 11.3 Å². The average Bonchev–Trinajstić information content (AvgIpc) is 3.03. The van der Waals surface area contributed by atoms with E-state index in [0.29, 0.717) is 16.3 Å². The summed E-state index contributed by atoms with van der Waals surface area (Å²) in [5.41, 5.74) is 0.815. The number of fused-ring (bicyclic) bond motifs is 1. The molecule has 0 saturated heterocycles. The van der Waals surface area contributed by atoms with Gasteiger partial charge in [-0.1, -0.05) is 0 Å². The first-order valence-corrected chi connectivity index (χ1v) is 8.11. The molecule has 2 aromatic rings. The van der Waals surface area contributed by atoms with Crippen LogP contribution in [0, 0.1) is 6.92 Å². The zero-order chi connectivity index (χ0) is 15.9. The molecule has 0 spiro atoms. The number of aryl methyl sites for hydroxylation is 1. The maximum Gasteiger partial charge on any atom is 0.411 e. The molecule has 0 aliphatic carbocycles. The molecule has 0 saturated carbocycles. The van der Waals surface area contributed by atoms with Gasteiger partial charge in [-0.15, -0.1) is 0 Å². The molecule has 1 amide bonds. The highest BCUT2D eigenvalue weighted by Gasteiger charge is 2.23. The van der Waals surface area contributed by atoms with E-state index in [2.05, 4.69) is 4.99 Å². The normalized spacial score (nSPS) is 13.9. The summed E-state index contributed by atoms with van der Waals surface area (Å²) >= 11 is 0. The van der Waals surface area contributed by atoms with Crippen LogP contribution in [0.15, 0.2) is 39.8 Å². The van der Waals surface area contributed by atoms with Crippen molar-refractivity contribution < 1.29 is 22.6 Å². The number of hydrogen-bond acceptors (Lipinski definition) is 4. The van der Waals surface area contributed by atoms with Crippen molar-refractivity contribution in [1.29, 1.82) is 0 Å². The van der Waals surface area contributed by atoms with Crippen molar-refractivity contribution in [3.8, 4) is 0 Å². The van der Waals surface area contributed by atoms with Gasteiger partial charge in [-0.25, -0.2) is 13.2 Å². The molecular formula is C15H15N2O4S+. The second kappa shape index (κ2) is 5.19. The van der Waals surface area contributed by atoms with Crippen molar-refractivity contribution in [2.24, 2.45) is 0 Å². The predicted molar refractivity (Wildman–Crippen MR) is 77.3 cm³/mol. The molecule has 7 heteroatoms. The van der Waals surface area contributed by atoms with E-state index in [9.17, 15) is 13.2 Å². The summed E-state index contributed by atoms with van der Waals surface area (Å²) in [6, 6.07) is 6.34. The Kier molecular flexibility index (Phi) is 3.46. The van der Waals surface area contributed by atoms with Gasteiger partial charge in [-0.3, -0.25) is 0 Å². The number of carbonyl (C=O) groups is 1. The zero-order valence-corrected chi connectivity index (χ0v) is 13.0. The van der Waals surface area contributed by atoms with Crippen LogP contribution in [-0.4, -0.2) is 25.7 Å². The molecule has 3 rings (SSSR count). The Morgan fingerprint density at radius 2 is 2.05 bits per heavy atom. The molecule has 114 valence electrons. The van der Waals surface area contributed by atoms with Crippen LogP contribution < -0.4 is 15.6 Å². The molecule has 1 aromatic carbocycles. The standard InChI is InChI=1S/C15H14N2O4S/c1-10-11(5-6-21-10)9-17(2)22(19,20)13-3-4-14-12(7-13)8-15(18)16-14/h3-8H,9H2,1-2H3/p+1. The van der Waals surface area contributed by atoms with Crippen LogP contribution in [0.3, 0.4) is 0 Å². The van der Waals surface area contributed by atoms with Gasteiger partial charge in [0.1, 0.15) is 5.76 Å². The second-order valence-corrected chi connectivity index (χ2v) is 7.19. The first-order chi connectivity index (χ1) is 10.4. The van der Waals surface area contributed by atoms with Crippen molar-refractivity contribution in [1.82, 2.24) is 4.31 Å². The Morgan fingerprint density at radius 1 is 1.27 bits per heavy atom. The number of benzene rings is 1. The summed E-state index contributed by atoms with van der Waals surface area (Å²) in [7, 11) is -2.12. The maximum atomic E-state index is 12.6. The molecule has 0 fully saturated rings. The summed E-state index contributed by atoms with van der Waals surface area (Å²) in [6.07, 6.45) is 2.92. The number of carbonyl (C=O) groups excluding carboxylic acids is 1. The molecule has 1 aromatic heterocycles. The third-order valence-corrected chi connectivity index (χ3v) is 5.43. The van der Waals surface area contributed by atoms with E-state index >= 15 is 0 Å². The fraction of sp³-hybridized carbons (Fsp3) is 0.200. The van der Waals surface area contributed by atoms with Crippen molar-refractivity contribution in [3.63, 3.8) is 0 Å². The van der Waals surface area contributed by atoms with Crippen LogP contribution >= 0.6 is 0 Å². The molecule has 1 aliphatic heterocycles. The van der Waals surface area contributed by atoms with Gasteiger partial charge in [0.15, 0.2) is 0 Å². The zero-order valence-electron chi connectivity index (χ0n) is 12.2. The molecule has 0 atom stereocenters. The van der Waals surface area contributed by atoms with E-state index in [4.69, 9.17) is 4.42 Å². The molecule has 1 N–H and O–H groups in total. The van der Waals surface area contributed by atoms with Crippen molar-refractivity contribution >= 4 is 22.0 Å². The lowest BCUT2D eigenvalue weighted by atomic mass is 10.3. The summed E-state index contributed by atoms with van der Waals surface area (Å²) in [6.45, 7) is 2.01. The molecule has 0 radical (unpaired) electrons. The Balaban J connectivity index is 1.96. The third kappa shape index (κ3) is 2.49. The van der Waals surface area contributed by atoms with E-state index in [0.717, 1.165) is 5.56 Å². The second-order valence-electron chi connectivity index (χ2n) is 5.15. The minimum absolute atomic E-state index is 0.155. The highest BCUT2D eigenvalue weighted by molar-refractivity contribution is 7.89. The lowest BCUT2D eigenvalue weighted by molar-refractivity contribution is -0.406. The fourth-order valence-electron chi connectivity index (χ4n) is 2.32. The number of amides is 1. The summed E-state index contributed by atoms with van der Waals surface area (Å²) < 4.78 is 31.7. The van der Waals surface area contributed by atoms with Crippen molar-refractivity contribution in [2.45, 2.75) is 18.4 Å². The lowest BCUT2D eigenvalue weighted by Crippen LogP contribution is -2.79. The fourth-order valence-corrected chi connectivity index (χ4v) is 3.51. The van der Waals surface area contributed by atoms with Crippen molar-refractivity contribution in [2.75, 3.05) is 7.05 Å². The number of nitrogens with one attached hydrogen (secondary N) is 1. The van der Waals surface area contributed by atoms with Crippen LogP contribution in [-0.2, 0) is 21.4 Å². The van der Waals surface area contributed by atoms with Gasteiger partial charge in [-0.2, -0.15) is 9.30 Å². The highest BCUT2D eigenvalue weighted by Crippen LogP contribution is 2.17. The minimum atomic E-state index is -3.64. The third-order valence-electron chi connectivity index (χ3n) is 3.63. The van der Waals surface area contributed by atoms with E-state index in [-0.39, 0.29) is 17.3 Å². The number of hydrogen-bond donors (Lipinski definition) is 1. The smallest absolute Gasteiger partial charge is 0.411 e. The molecule has 0 unspecified atom stereocenters. The first-order valence-electron chi connectivity index (χ1n) is 6.67. The Labute approximate surface area is 127 Å². The maximum absolute atomic E-state index is 12.6. The van der Waals surface area contributed by atoms with Gasteiger partial charge < -0.3 is 4.42 Å². The number of sulfonamides is 1. The van der Waals surface area contributed by atoms with Gasteiger partial charge in [-0.05, 0) is 25.1 Å². The van der Waals surface area contributed by atoms with Gasteiger partial charge in [0.25, 0.3) is 0 Å². The van der Waals surface area contributed by atoms with Crippen LogP contribution in [0.4, 0.5) is 0 Å². The van der Waals surface area contributed by atoms with Gasteiger partial charge >= 0.3 is 5.91 Å². The lowest BCUT2D eigenvalue weighted by Gasteiger charge is -2.16. The predicted octanol–water partition coefficient (Wildman–Crippen LogP) is -1.57. The van der Waals surface area contributed by atoms with E-state index in [1.807, 2.05) is 0 Å². The Hall–Kier alpha value is -2.25. The van der Waals surface area contributed by atoms with Gasteiger partial charge in [0.05, 0.1) is 22.5 Å². The summed E-state index contributed by atoms with van der Waals surface area (Å²) in [5, 5.41) is 1.20. The molecule has 22 heavy (non-hydrogen) atoms. The number of rotatable bonds is 4. The van der Waals surface area contributed by atoms with Crippen LogP contribution in [0.2, 0.25) is 0 Å². The highest BCUT2D eigenvalue weighted by atomic mass is 32.2. The first kappa shape index (κ1) is 14.7. The summed E-state index contributed by atoms with van der Waals surface area (Å²) in [4.78, 5) is 14.1. The minimum Gasteiger partial charge on any atom is -0.469 e. The van der Waals surface area contributed by atoms with E-state index < -0.39 is 10.0 Å². The molecule has 6 nitrogen and oxygen atoms in total. The van der Waals surface area contributed by atoms with E-state index in [1.165, 1.54) is 35.8 Å². The SMILES string of the molecule is Cc1occc1CN(C)S(=O)(=O)c1ccc2c(c1)=CC(=O)[NH+]=2. The quantitative estimate of drug-likeness (QED) is 0.738. The monoisotopic (exact) mass is 319 g/mol. The van der Waals surface area contributed by atoms with Crippen LogP contribution in [0.25, 0.3) is 6.08 Å². The Bertz CT molecular complexity index is 973. The number of furan rings is 1. The van der Waals surface area contributed by atoms with Gasteiger partial charge in [0.2, 0.25) is 15.4 Å². The van der Waals surface area contributed by atoms with E-state index in [1.54, 1.807) is 19.1 Å².